The monoisotopic (exact) mass is 377 g/mol. The molecule has 2 aromatic heterocycles. The highest BCUT2D eigenvalue weighted by Crippen LogP contribution is 2.29. The normalized spacial score (nSPS) is 15.3. The van der Waals surface area contributed by atoms with Crippen molar-refractivity contribution in [3.8, 4) is 0 Å². The fourth-order valence-corrected chi connectivity index (χ4v) is 3.92. The van der Waals surface area contributed by atoms with Crippen LogP contribution in [0.25, 0.3) is 11.2 Å². The minimum atomic E-state index is -0.0272. The number of benzene rings is 1. The van der Waals surface area contributed by atoms with Crippen LogP contribution in [-0.2, 0) is 6.42 Å². The lowest BCUT2D eigenvalue weighted by atomic mass is 10.0. The fourth-order valence-electron chi connectivity index (χ4n) is 3.92. The first kappa shape index (κ1) is 18.5. The number of para-hydroxylation sites is 1. The number of likely N-dealkylation sites (tertiary alicyclic amines) is 1. The molecular formula is C22H27N5O. The summed E-state index contributed by atoms with van der Waals surface area (Å²) in [6.45, 7) is 5.90. The smallest absolute Gasteiger partial charge is 0.321 e. The molecule has 3 aromatic rings. The quantitative estimate of drug-likeness (QED) is 0.728. The third kappa shape index (κ3) is 3.86. The van der Waals surface area contributed by atoms with Crippen LogP contribution < -0.4 is 5.32 Å². The number of rotatable bonds is 4. The van der Waals surface area contributed by atoms with Crippen molar-refractivity contribution in [2.45, 2.75) is 39.2 Å². The predicted molar refractivity (Wildman–Crippen MR) is 111 cm³/mol. The number of nitrogens with one attached hydrogen (secondary N) is 1. The molecule has 1 N–H and O–H groups in total. The van der Waals surface area contributed by atoms with Gasteiger partial charge in [0.2, 0.25) is 0 Å². The van der Waals surface area contributed by atoms with Crippen LogP contribution in [0.1, 0.15) is 38.6 Å². The Balaban J connectivity index is 1.48. The number of anilines is 1. The average molecular weight is 377 g/mol. The van der Waals surface area contributed by atoms with Crippen molar-refractivity contribution in [3.63, 3.8) is 0 Å². The van der Waals surface area contributed by atoms with Crippen molar-refractivity contribution in [1.82, 2.24) is 19.4 Å². The summed E-state index contributed by atoms with van der Waals surface area (Å²) in [5.41, 5.74) is 2.76. The van der Waals surface area contributed by atoms with Gasteiger partial charge in [0.15, 0.2) is 5.65 Å². The molecule has 0 unspecified atom stereocenters. The Hall–Kier alpha value is -2.89. The molecular weight excluding hydrogens is 350 g/mol. The van der Waals surface area contributed by atoms with E-state index in [1.165, 1.54) is 0 Å². The number of piperidine rings is 1. The minimum absolute atomic E-state index is 0.0272. The lowest BCUT2D eigenvalue weighted by Gasteiger charge is -2.33. The van der Waals surface area contributed by atoms with Gasteiger partial charge in [0.05, 0.1) is 0 Å². The van der Waals surface area contributed by atoms with Crippen LogP contribution >= 0.6 is 0 Å². The maximum Gasteiger partial charge on any atom is 0.321 e. The second-order valence-electron chi connectivity index (χ2n) is 7.86. The van der Waals surface area contributed by atoms with Gasteiger partial charge in [-0.15, -0.1) is 0 Å². The number of fused-ring (bicyclic) bond motifs is 1. The Morgan fingerprint density at radius 1 is 1.14 bits per heavy atom. The molecule has 0 bridgehead atoms. The van der Waals surface area contributed by atoms with Crippen LogP contribution in [0.2, 0.25) is 0 Å². The third-order valence-corrected chi connectivity index (χ3v) is 5.25. The summed E-state index contributed by atoms with van der Waals surface area (Å²) < 4.78 is 2.32. The molecule has 1 saturated heterocycles. The van der Waals surface area contributed by atoms with E-state index in [4.69, 9.17) is 4.98 Å². The van der Waals surface area contributed by atoms with Crippen LogP contribution in [-0.4, -0.2) is 38.6 Å². The number of nitrogens with zero attached hydrogens (tertiary/aromatic N) is 4. The van der Waals surface area contributed by atoms with Gasteiger partial charge in [0, 0.05) is 37.4 Å². The summed E-state index contributed by atoms with van der Waals surface area (Å²) >= 11 is 0. The lowest BCUT2D eigenvalue weighted by molar-refractivity contribution is 0.183. The Morgan fingerprint density at radius 2 is 1.89 bits per heavy atom. The number of hydrogen-bond donors (Lipinski definition) is 1. The number of carbonyl (C=O) groups is 1. The van der Waals surface area contributed by atoms with Gasteiger partial charge in [-0.1, -0.05) is 32.0 Å². The second-order valence-corrected chi connectivity index (χ2v) is 7.86. The van der Waals surface area contributed by atoms with E-state index in [2.05, 4.69) is 28.7 Å². The molecule has 1 aliphatic heterocycles. The van der Waals surface area contributed by atoms with E-state index >= 15 is 0 Å². The number of aromatic nitrogens is 3. The zero-order valence-corrected chi connectivity index (χ0v) is 16.5. The van der Waals surface area contributed by atoms with Crippen LogP contribution in [0, 0.1) is 5.92 Å². The van der Waals surface area contributed by atoms with E-state index in [1.54, 1.807) is 0 Å². The molecule has 0 aliphatic carbocycles. The lowest BCUT2D eigenvalue weighted by Crippen LogP contribution is -2.41. The van der Waals surface area contributed by atoms with Crippen molar-refractivity contribution in [2.75, 3.05) is 18.4 Å². The number of hydrogen-bond acceptors (Lipinski definition) is 3. The predicted octanol–water partition coefficient (Wildman–Crippen LogP) is 4.50. The second kappa shape index (κ2) is 8.00. The van der Waals surface area contributed by atoms with Crippen molar-refractivity contribution in [3.05, 3.63) is 54.5 Å². The highest BCUT2D eigenvalue weighted by molar-refractivity contribution is 5.89. The zero-order chi connectivity index (χ0) is 19.5. The molecule has 1 fully saturated rings. The standard InChI is InChI=1S/C22H27N5O/c1-16(2)15-20-25-19-9-6-12-23-21(19)27(20)18-10-13-26(14-11-18)22(28)24-17-7-4-3-5-8-17/h3-9,12,16,18H,10-11,13-15H2,1-2H3,(H,24,28). The van der Waals surface area contributed by atoms with Crippen molar-refractivity contribution >= 4 is 22.9 Å². The minimum Gasteiger partial charge on any atom is -0.324 e. The molecule has 0 spiro atoms. The number of pyridine rings is 1. The number of imidazole rings is 1. The van der Waals surface area contributed by atoms with Gasteiger partial charge >= 0.3 is 6.03 Å². The third-order valence-electron chi connectivity index (χ3n) is 5.25. The molecule has 2 amide bonds. The Bertz CT molecular complexity index is 942. The number of urea groups is 1. The average Bonchev–Trinajstić information content (AvgIpc) is 3.06. The summed E-state index contributed by atoms with van der Waals surface area (Å²) in [6.07, 6.45) is 4.60. The van der Waals surface area contributed by atoms with E-state index in [0.717, 1.165) is 55.0 Å². The maximum atomic E-state index is 12.6. The van der Waals surface area contributed by atoms with Gasteiger partial charge in [-0.05, 0) is 43.0 Å². The summed E-state index contributed by atoms with van der Waals surface area (Å²) in [5.74, 6) is 1.64. The van der Waals surface area contributed by atoms with Crippen molar-refractivity contribution < 1.29 is 4.79 Å². The first-order chi connectivity index (χ1) is 13.6. The van der Waals surface area contributed by atoms with Crippen LogP contribution in [0.5, 0.6) is 0 Å². The Labute approximate surface area is 165 Å². The first-order valence-electron chi connectivity index (χ1n) is 10.0. The fraction of sp³-hybridized carbons (Fsp3) is 0.409. The molecule has 6 heteroatoms. The highest BCUT2D eigenvalue weighted by atomic mass is 16.2. The summed E-state index contributed by atoms with van der Waals surface area (Å²) in [7, 11) is 0. The van der Waals surface area contributed by atoms with Crippen LogP contribution in [0.4, 0.5) is 10.5 Å². The molecule has 0 atom stereocenters. The molecule has 146 valence electrons. The summed E-state index contributed by atoms with van der Waals surface area (Å²) in [6, 6.07) is 13.9. The number of carbonyl (C=O) groups excluding carboxylic acids is 1. The zero-order valence-electron chi connectivity index (χ0n) is 16.5. The molecule has 28 heavy (non-hydrogen) atoms. The van der Waals surface area contributed by atoms with E-state index < -0.39 is 0 Å². The summed E-state index contributed by atoms with van der Waals surface area (Å²) in [5, 5.41) is 2.98. The Morgan fingerprint density at radius 3 is 2.61 bits per heavy atom. The molecule has 1 aliphatic rings. The first-order valence-corrected chi connectivity index (χ1v) is 10.0. The SMILES string of the molecule is CC(C)Cc1nc2cccnc2n1C1CCN(C(=O)Nc2ccccc2)CC1. The topological polar surface area (TPSA) is 63.1 Å². The van der Waals surface area contributed by atoms with Crippen molar-refractivity contribution in [1.29, 1.82) is 0 Å². The highest BCUT2D eigenvalue weighted by Gasteiger charge is 2.27. The van der Waals surface area contributed by atoms with E-state index in [0.29, 0.717) is 12.0 Å². The summed E-state index contributed by atoms with van der Waals surface area (Å²) in [4.78, 5) is 23.9. The van der Waals surface area contributed by atoms with E-state index in [-0.39, 0.29) is 6.03 Å². The van der Waals surface area contributed by atoms with E-state index in [9.17, 15) is 4.79 Å². The van der Waals surface area contributed by atoms with Gasteiger partial charge in [-0.25, -0.2) is 14.8 Å². The van der Waals surface area contributed by atoms with Crippen molar-refractivity contribution in [2.24, 2.45) is 5.92 Å². The molecule has 6 nitrogen and oxygen atoms in total. The van der Waals surface area contributed by atoms with Gasteiger partial charge in [0.25, 0.3) is 0 Å². The van der Waals surface area contributed by atoms with Gasteiger partial charge < -0.3 is 14.8 Å². The van der Waals surface area contributed by atoms with Crippen LogP contribution in [0.15, 0.2) is 48.7 Å². The van der Waals surface area contributed by atoms with Gasteiger partial charge in [-0.3, -0.25) is 0 Å². The molecule has 0 saturated carbocycles. The Kier molecular flexibility index (Phi) is 5.28. The van der Waals surface area contributed by atoms with E-state index in [1.807, 2.05) is 53.6 Å². The molecule has 4 rings (SSSR count). The molecule has 1 aromatic carbocycles. The largest absolute Gasteiger partial charge is 0.324 e. The van der Waals surface area contributed by atoms with Crippen LogP contribution in [0.3, 0.4) is 0 Å². The molecule has 0 radical (unpaired) electrons. The van der Waals surface area contributed by atoms with Gasteiger partial charge in [0.1, 0.15) is 11.3 Å². The maximum absolute atomic E-state index is 12.6. The molecule has 3 heterocycles. The number of amides is 2. The van der Waals surface area contributed by atoms with Gasteiger partial charge in [-0.2, -0.15) is 0 Å².